The Morgan fingerprint density at radius 2 is 1.96 bits per heavy atom. The van der Waals surface area contributed by atoms with Gasteiger partial charge in [0.15, 0.2) is 6.04 Å². The molecule has 2 N–H and O–H groups in total. The number of nitrogens with one attached hydrogen (secondary N) is 1. The van der Waals surface area contributed by atoms with E-state index < -0.39 is 23.5 Å². The normalized spacial score (nSPS) is 24.0. The van der Waals surface area contributed by atoms with E-state index in [1.165, 1.54) is 23.6 Å². The average molecular weight is 469 g/mol. The van der Waals surface area contributed by atoms with Gasteiger partial charge in [-0.1, -0.05) is 53.7 Å². The first-order chi connectivity index (χ1) is 13.2. The highest BCUT2D eigenvalue weighted by Crippen LogP contribution is 2.45. The van der Waals surface area contributed by atoms with E-state index in [9.17, 15) is 19.5 Å². The van der Waals surface area contributed by atoms with Gasteiger partial charge in [0.1, 0.15) is 11.1 Å². The van der Waals surface area contributed by atoms with Crippen LogP contribution in [-0.2, 0) is 14.4 Å². The molecule has 0 aliphatic carbocycles. The minimum atomic E-state index is -1.14. The fourth-order valence-electron chi connectivity index (χ4n) is 3.20. The molecule has 7 nitrogen and oxygen atoms in total. The number of aliphatic carboxylic acids is 1. The van der Waals surface area contributed by atoms with Crippen molar-refractivity contribution in [2.75, 3.05) is 5.33 Å². The Balaban J connectivity index is 1.85. The minimum Gasteiger partial charge on any atom is -0.479 e. The molecule has 3 rings (SSSR count). The Hall–Kier alpha value is -2.00. The lowest BCUT2D eigenvalue weighted by Gasteiger charge is -2.51. The monoisotopic (exact) mass is 468 g/mol. The van der Waals surface area contributed by atoms with Crippen LogP contribution in [0.1, 0.15) is 32.3 Å². The lowest BCUT2D eigenvalue weighted by atomic mass is 10.00. The number of alkyl halides is 1. The summed E-state index contributed by atoms with van der Waals surface area (Å²) in [6.07, 6.45) is -0.808. The van der Waals surface area contributed by atoms with Crippen LogP contribution in [0.4, 0.5) is 0 Å². The minimum absolute atomic E-state index is 0.227. The maximum Gasteiger partial charge on any atom is 0.330 e. The summed E-state index contributed by atoms with van der Waals surface area (Å²) in [5.74, 6) is -0.890. The molecule has 9 heteroatoms. The van der Waals surface area contributed by atoms with E-state index in [0.29, 0.717) is 22.3 Å². The predicted octanol–water partition coefficient (Wildman–Crippen LogP) is 2.67. The number of rotatable bonds is 6. The van der Waals surface area contributed by atoms with E-state index in [1.807, 2.05) is 24.3 Å². The molecule has 1 fully saturated rings. The van der Waals surface area contributed by atoms with E-state index in [4.69, 9.17) is 4.74 Å². The molecule has 1 aromatic rings. The third-order valence-electron chi connectivity index (χ3n) is 4.65. The summed E-state index contributed by atoms with van der Waals surface area (Å²) in [5.41, 5.74) is 1.60. The molecule has 2 heterocycles. The SMILES string of the molecule is CC(=O)NC1=C(CBr)C(C(=O)O)N2C(=O)C(Oc3ccc(C(C)C)cc3)[C@H]2S1. The number of carboxylic acids is 1. The quantitative estimate of drug-likeness (QED) is 0.492. The lowest BCUT2D eigenvalue weighted by Crippen LogP contribution is -2.71. The Bertz CT molecular complexity index is 839. The number of β-lactam (4-membered cyclic amide) rings is 1. The van der Waals surface area contributed by atoms with Gasteiger partial charge in [0.2, 0.25) is 12.0 Å². The molecule has 2 aliphatic rings. The molecule has 0 saturated carbocycles. The standard InChI is InChI=1S/C19H21BrN2O5S/c1-9(2)11-4-6-12(7-5-11)27-15-17(24)22-14(19(25)26)13(8-20)16(21-10(3)23)28-18(15)22/h4-7,9,14-15,18H,8H2,1-3H3,(H,21,23)(H,25,26)/t14?,15?,18-/m1/s1. The van der Waals surface area contributed by atoms with Gasteiger partial charge in [0.05, 0.1) is 5.03 Å². The molecule has 1 aromatic carbocycles. The average Bonchev–Trinajstić information content (AvgIpc) is 2.64. The maximum absolute atomic E-state index is 12.7. The molecular weight excluding hydrogens is 448 g/mol. The second kappa shape index (κ2) is 8.16. The molecule has 2 unspecified atom stereocenters. The Morgan fingerprint density at radius 3 is 2.46 bits per heavy atom. The van der Waals surface area contributed by atoms with Crippen LogP contribution < -0.4 is 10.1 Å². The van der Waals surface area contributed by atoms with Crippen molar-refractivity contribution in [3.05, 3.63) is 40.4 Å². The number of ether oxygens (including phenoxy) is 1. The third kappa shape index (κ3) is 3.77. The highest BCUT2D eigenvalue weighted by Gasteiger charge is 2.58. The number of hydrogen-bond acceptors (Lipinski definition) is 5. The Labute approximate surface area is 175 Å². The van der Waals surface area contributed by atoms with Crippen LogP contribution >= 0.6 is 27.7 Å². The van der Waals surface area contributed by atoms with Gasteiger partial charge in [-0.2, -0.15) is 0 Å². The van der Waals surface area contributed by atoms with E-state index in [-0.39, 0.29) is 17.1 Å². The maximum atomic E-state index is 12.7. The number of benzene rings is 1. The largest absolute Gasteiger partial charge is 0.479 e. The summed E-state index contributed by atoms with van der Waals surface area (Å²) < 4.78 is 5.87. The van der Waals surface area contributed by atoms with Gasteiger partial charge in [-0.15, -0.1) is 0 Å². The summed E-state index contributed by atoms with van der Waals surface area (Å²) in [6, 6.07) is 6.37. The molecule has 0 aromatic heterocycles. The zero-order chi connectivity index (χ0) is 20.6. The highest BCUT2D eigenvalue weighted by atomic mass is 79.9. The topological polar surface area (TPSA) is 95.9 Å². The Kier molecular flexibility index (Phi) is 6.04. The van der Waals surface area contributed by atoms with E-state index in [2.05, 4.69) is 35.1 Å². The molecule has 2 aliphatic heterocycles. The second-order valence-corrected chi connectivity index (χ2v) is 8.61. The molecule has 3 atom stereocenters. The zero-order valence-electron chi connectivity index (χ0n) is 15.6. The van der Waals surface area contributed by atoms with Gasteiger partial charge in [-0.25, -0.2) is 4.79 Å². The smallest absolute Gasteiger partial charge is 0.330 e. The highest BCUT2D eigenvalue weighted by molar-refractivity contribution is 9.09. The van der Waals surface area contributed by atoms with Crippen molar-refractivity contribution in [1.29, 1.82) is 0 Å². The number of hydrogen-bond donors (Lipinski definition) is 2. The fourth-order valence-corrected chi connectivity index (χ4v) is 5.38. The summed E-state index contributed by atoms with van der Waals surface area (Å²) >= 11 is 4.51. The van der Waals surface area contributed by atoms with Crippen molar-refractivity contribution in [1.82, 2.24) is 10.2 Å². The Morgan fingerprint density at radius 1 is 1.32 bits per heavy atom. The van der Waals surface area contributed by atoms with Crippen molar-refractivity contribution >= 4 is 45.5 Å². The lowest BCUT2D eigenvalue weighted by molar-refractivity contribution is -0.167. The van der Waals surface area contributed by atoms with Gasteiger partial charge in [0.25, 0.3) is 5.91 Å². The number of thioether (sulfide) groups is 1. The molecule has 150 valence electrons. The van der Waals surface area contributed by atoms with E-state index >= 15 is 0 Å². The predicted molar refractivity (Wildman–Crippen MR) is 109 cm³/mol. The molecule has 2 amide bonds. The van der Waals surface area contributed by atoms with Crippen molar-refractivity contribution in [2.24, 2.45) is 0 Å². The number of carboxylic acid groups (broad SMARTS) is 1. The van der Waals surface area contributed by atoms with Gasteiger partial charge >= 0.3 is 5.97 Å². The third-order valence-corrected chi connectivity index (χ3v) is 6.57. The number of carbonyl (C=O) groups excluding carboxylic acids is 2. The van der Waals surface area contributed by atoms with Crippen LogP contribution in [0.2, 0.25) is 0 Å². The van der Waals surface area contributed by atoms with Gasteiger partial charge in [-0.3, -0.25) is 9.59 Å². The first kappa shape index (κ1) is 20.7. The van der Waals surface area contributed by atoms with Crippen LogP contribution in [0.3, 0.4) is 0 Å². The summed E-state index contributed by atoms with van der Waals surface area (Å²) in [5, 5.41) is 12.5. The van der Waals surface area contributed by atoms with E-state index in [1.54, 1.807) is 0 Å². The number of nitrogens with zero attached hydrogens (tertiary/aromatic N) is 1. The summed E-state index contributed by atoms with van der Waals surface area (Å²) in [7, 11) is 0. The van der Waals surface area contributed by atoms with Gasteiger partial charge in [0, 0.05) is 17.8 Å². The first-order valence-electron chi connectivity index (χ1n) is 8.79. The molecule has 28 heavy (non-hydrogen) atoms. The molecule has 0 bridgehead atoms. The van der Waals surface area contributed by atoms with Crippen molar-refractivity contribution in [3.8, 4) is 5.75 Å². The van der Waals surface area contributed by atoms with Crippen molar-refractivity contribution in [2.45, 2.75) is 44.2 Å². The first-order valence-corrected chi connectivity index (χ1v) is 10.8. The van der Waals surface area contributed by atoms with Crippen LogP contribution in [0.25, 0.3) is 0 Å². The van der Waals surface area contributed by atoms with Crippen molar-refractivity contribution < 1.29 is 24.2 Å². The van der Waals surface area contributed by atoms with Crippen molar-refractivity contribution in [3.63, 3.8) is 0 Å². The fraction of sp³-hybridized carbons (Fsp3) is 0.421. The molecule has 1 saturated heterocycles. The molecular formula is C19H21BrN2O5S. The number of carbonyl (C=O) groups is 3. The van der Waals surface area contributed by atoms with E-state index in [0.717, 1.165) is 5.56 Å². The summed E-state index contributed by atoms with van der Waals surface area (Å²) in [4.78, 5) is 37.4. The van der Waals surface area contributed by atoms with Crippen LogP contribution in [0, 0.1) is 0 Å². The molecule has 0 spiro atoms. The van der Waals surface area contributed by atoms with Gasteiger partial charge in [-0.05, 0) is 23.6 Å². The number of fused-ring (bicyclic) bond motifs is 1. The van der Waals surface area contributed by atoms with Crippen LogP contribution in [0.15, 0.2) is 34.9 Å². The zero-order valence-corrected chi connectivity index (χ0v) is 18.0. The van der Waals surface area contributed by atoms with Crippen LogP contribution in [0.5, 0.6) is 5.75 Å². The summed E-state index contributed by atoms with van der Waals surface area (Å²) in [6.45, 7) is 5.54. The van der Waals surface area contributed by atoms with Crippen LogP contribution in [-0.4, -0.2) is 50.6 Å². The van der Waals surface area contributed by atoms with Gasteiger partial charge < -0.3 is 20.1 Å². The second-order valence-electron chi connectivity index (χ2n) is 6.93. The molecule has 0 radical (unpaired) electrons. The number of halogens is 1. The number of amides is 2.